The number of aryl methyl sites for hydroxylation is 1. The van der Waals surface area contributed by atoms with E-state index >= 15 is 0 Å². The maximum absolute atomic E-state index is 4.33. The minimum absolute atomic E-state index is 0.328. The van der Waals surface area contributed by atoms with Crippen LogP contribution in [-0.4, -0.2) is 16.0 Å². The molecule has 1 atom stereocenters. The quantitative estimate of drug-likeness (QED) is 0.590. The fourth-order valence-corrected chi connectivity index (χ4v) is 4.10. The summed E-state index contributed by atoms with van der Waals surface area (Å²) in [5, 5.41) is 1.40. The van der Waals surface area contributed by atoms with Crippen LogP contribution in [0.1, 0.15) is 29.8 Å². The summed E-state index contributed by atoms with van der Waals surface area (Å²) in [4.78, 5) is 2.42. The second-order valence-corrected chi connectivity index (χ2v) is 6.79. The number of nitrogens with zero attached hydrogens (tertiary/aromatic N) is 2. The number of allylic oxidation sites excluding steroid dienone is 1. The van der Waals surface area contributed by atoms with Crippen molar-refractivity contribution < 1.29 is 0 Å². The smallest absolute Gasteiger partial charge is 0.0668 e. The third-order valence-corrected chi connectivity index (χ3v) is 5.36. The van der Waals surface area contributed by atoms with Crippen molar-refractivity contribution >= 4 is 17.0 Å². The first-order valence-electron chi connectivity index (χ1n) is 8.91. The summed E-state index contributed by atoms with van der Waals surface area (Å²) < 4.78 is 2.36. The van der Waals surface area contributed by atoms with E-state index < -0.39 is 0 Å². The molecule has 0 N–H and O–H groups in total. The lowest BCUT2D eigenvalue weighted by molar-refractivity contribution is 0.258. The Hall–Kier alpha value is -2.74. The number of fused-ring (bicyclic) bond motifs is 3. The van der Waals surface area contributed by atoms with Crippen LogP contribution >= 0.6 is 0 Å². The molecule has 1 aliphatic rings. The first-order valence-corrected chi connectivity index (χ1v) is 8.91. The average molecular weight is 328 g/mol. The highest BCUT2D eigenvalue weighted by atomic mass is 15.2. The van der Waals surface area contributed by atoms with Gasteiger partial charge >= 0.3 is 0 Å². The molecule has 2 nitrogen and oxygen atoms in total. The zero-order valence-electron chi connectivity index (χ0n) is 14.9. The van der Waals surface area contributed by atoms with Gasteiger partial charge in [-0.05, 0) is 36.6 Å². The van der Waals surface area contributed by atoms with Crippen molar-refractivity contribution in [3.05, 3.63) is 89.8 Å². The molecule has 0 aliphatic carbocycles. The number of aromatic nitrogens is 1. The third-order valence-electron chi connectivity index (χ3n) is 5.36. The van der Waals surface area contributed by atoms with Crippen molar-refractivity contribution in [3.63, 3.8) is 0 Å². The van der Waals surface area contributed by atoms with Gasteiger partial charge in [-0.15, -0.1) is 0 Å². The first-order chi connectivity index (χ1) is 12.2. The summed E-state index contributed by atoms with van der Waals surface area (Å²) >= 11 is 0. The molecule has 25 heavy (non-hydrogen) atoms. The summed E-state index contributed by atoms with van der Waals surface area (Å²) in [5.74, 6) is 0. The molecule has 0 bridgehead atoms. The summed E-state index contributed by atoms with van der Waals surface area (Å²) in [7, 11) is 2.18. The minimum atomic E-state index is 0.328. The second kappa shape index (κ2) is 6.29. The van der Waals surface area contributed by atoms with Crippen LogP contribution in [0.2, 0.25) is 0 Å². The number of hydrogen-bond acceptors (Lipinski definition) is 1. The van der Waals surface area contributed by atoms with E-state index in [4.69, 9.17) is 0 Å². The lowest BCUT2D eigenvalue weighted by Crippen LogP contribution is -2.33. The molecule has 4 rings (SSSR count). The average Bonchev–Trinajstić information content (AvgIpc) is 2.94. The number of benzene rings is 2. The molecule has 3 aromatic rings. The molecule has 1 aliphatic heterocycles. The van der Waals surface area contributed by atoms with Gasteiger partial charge in [-0.1, -0.05) is 61.2 Å². The molecule has 0 amide bonds. The van der Waals surface area contributed by atoms with Gasteiger partial charge in [-0.3, -0.25) is 0 Å². The van der Waals surface area contributed by atoms with Crippen molar-refractivity contribution in [1.29, 1.82) is 0 Å². The van der Waals surface area contributed by atoms with Gasteiger partial charge in [-0.2, -0.15) is 0 Å². The van der Waals surface area contributed by atoms with Gasteiger partial charge in [0.2, 0.25) is 0 Å². The van der Waals surface area contributed by atoms with Crippen molar-refractivity contribution in [2.45, 2.75) is 19.4 Å². The summed E-state index contributed by atoms with van der Waals surface area (Å²) in [6.07, 6.45) is 5.35. The van der Waals surface area contributed by atoms with E-state index in [2.05, 4.69) is 90.7 Å². The Labute approximate surface area is 149 Å². The largest absolute Gasteiger partial charge is 0.363 e. The molecule has 2 heteroatoms. The molecule has 0 saturated heterocycles. The highest BCUT2D eigenvalue weighted by molar-refractivity contribution is 5.86. The molecule has 2 aromatic carbocycles. The maximum Gasteiger partial charge on any atom is 0.0668 e. The molecular formula is C23H24N2. The SMILES string of the molecule is C=C(/C=C/c1ccccc1)N1CCc2c(n(C)c3ccccc23)C1C. The Kier molecular flexibility index (Phi) is 3.96. The Morgan fingerprint density at radius 2 is 1.80 bits per heavy atom. The molecule has 0 fully saturated rings. The van der Waals surface area contributed by atoms with Gasteiger partial charge in [0.05, 0.1) is 6.04 Å². The van der Waals surface area contributed by atoms with Crippen molar-refractivity contribution in [2.24, 2.45) is 7.05 Å². The van der Waals surface area contributed by atoms with Gasteiger partial charge in [0.1, 0.15) is 0 Å². The van der Waals surface area contributed by atoms with E-state index in [1.807, 2.05) is 6.07 Å². The zero-order valence-corrected chi connectivity index (χ0v) is 14.9. The fourth-order valence-electron chi connectivity index (χ4n) is 4.10. The number of hydrogen-bond donors (Lipinski definition) is 0. The standard InChI is InChI=1S/C23H24N2/c1-17(13-14-19-9-5-4-6-10-19)25-16-15-21-20-11-7-8-12-22(20)24(3)23(21)18(25)2/h4-14,18H,1,15-16H2,2-3H3/b14-13+. The molecule has 0 radical (unpaired) electrons. The second-order valence-electron chi connectivity index (χ2n) is 6.79. The van der Waals surface area contributed by atoms with E-state index in [-0.39, 0.29) is 0 Å². The molecule has 0 spiro atoms. The van der Waals surface area contributed by atoms with Gasteiger partial charge in [0, 0.05) is 35.9 Å². The van der Waals surface area contributed by atoms with Crippen molar-refractivity contribution in [3.8, 4) is 0 Å². The molecular weight excluding hydrogens is 304 g/mol. The van der Waals surface area contributed by atoms with Crippen LogP contribution in [-0.2, 0) is 13.5 Å². The van der Waals surface area contributed by atoms with E-state index in [0.717, 1.165) is 18.7 Å². The van der Waals surface area contributed by atoms with Crippen LogP contribution in [0.15, 0.2) is 72.9 Å². The Balaban J connectivity index is 1.64. The minimum Gasteiger partial charge on any atom is -0.363 e. The van der Waals surface area contributed by atoms with Crippen LogP contribution in [0.5, 0.6) is 0 Å². The van der Waals surface area contributed by atoms with Crippen LogP contribution in [0, 0.1) is 0 Å². The Bertz CT molecular complexity index is 947. The van der Waals surface area contributed by atoms with E-state index in [9.17, 15) is 0 Å². The lowest BCUT2D eigenvalue weighted by Gasteiger charge is -2.36. The molecule has 126 valence electrons. The van der Waals surface area contributed by atoms with Crippen LogP contribution < -0.4 is 0 Å². The van der Waals surface area contributed by atoms with Gasteiger partial charge < -0.3 is 9.47 Å². The predicted molar refractivity (Wildman–Crippen MR) is 106 cm³/mol. The molecule has 2 heterocycles. The Morgan fingerprint density at radius 1 is 1.08 bits per heavy atom. The van der Waals surface area contributed by atoms with Crippen LogP contribution in [0.25, 0.3) is 17.0 Å². The van der Waals surface area contributed by atoms with Gasteiger partial charge in [-0.25, -0.2) is 0 Å². The molecule has 0 saturated carbocycles. The topological polar surface area (TPSA) is 8.17 Å². The highest BCUT2D eigenvalue weighted by Gasteiger charge is 2.28. The van der Waals surface area contributed by atoms with E-state index in [0.29, 0.717) is 6.04 Å². The van der Waals surface area contributed by atoms with Gasteiger partial charge in [0.15, 0.2) is 0 Å². The number of rotatable bonds is 3. The van der Waals surface area contributed by atoms with Gasteiger partial charge in [0.25, 0.3) is 0 Å². The lowest BCUT2D eigenvalue weighted by atomic mass is 9.97. The summed E-state index contributed by atoms with van der Waals surface area (Å²) in [5.41, 5.74) is 6.53. The van der Waals surface area contributed by atoms with Crippen LogP contribution in [0.3, 0.4) is 0 Å². The maximum atomic E-state index is 4.33. The molecule has 1 unspecified atom stereocenters. The fraction of sp³-hybridized carbons (Fsp3) is 0.217. The highest BCUT2D eigenvalue weighted by Crippen LogP contribution is 2.37. The van der Waals surface area contributed by atoms with Crippen molar-refractivity contribution in [1.82, 2.24) is 9.47 Å². The van der Waals surface area contributed by atoms with E-state index in [1.54, 1.807) is 0 Å². The summed E-state index contributed by atoms with van der Waals surface area (Å²) in [6.45, 7) is 7.63. The van der Waals surface area contributed by atoms with Crippen LogP contribution in [0.4, 0.5) is 0 Å². The zero-order chi connectivity index (χ0) is 17.4. The normalized spacial score (nSPS) is 17.2. The third kappa shape index (κ3) is 2.68. The summed E-state index contributed by atoms with van der Waals surface area (Å²) in [6, 6.07) is 19.5. The van der Waals surface area contributed by atoms with E-state index in [1.165, 1.54) is 27.7 Å². The Morgan fingerprint density at radius 3 is 2.60 bits per heavy atom. The first kappa shape index (κ1) is 15.8. The van der Waals surface area contributed by atoms with Crippen molar-refractivity contribution in [2.75, 3.05) is 6.54 Å². The monoisotopic (exact) mass is 328 g/mol. The number of para-hydroxylation sites is 1. The molecule has 1 aromatic heterocycles. The predicted octanol–water partition coefficient (Wildman–Crippen LogP) is 5.32.